The highest BCUT2D eigenvalue weighted by molar-refractivity contribution is 8.19. The lowest BCUT2D eigenvalue weighted by Crippen LogP contribution is -2.31. The minimum atomic E-state index is -0.526. The fourth-order valence-electron chi connectivity index (χ4n) is 3.81. The molecule has 0 atom stereocenters. The molecule has 3 amide bonds. The zero-order valence-electron chi connectivity index (χ0n) is 21.8. The first-order chi connectivity index (χ1) is 19.8. The summed E-state index contributed by atoms with van der Waals surface area (Å²) in [6.07, 6.45) is 1.70. The standard InChI is InChI=1S/C29H22ClN5O4S2/c1-17-24(41-28(31-17)32-25(36)18-12-14-21(39-2)15-13-18)26(37)33-34-29-35(20-9-4-3-5-10-20)27(38)23(40-29)16-19-8-6-7-11-22(19)30/h3-16H,1-2H3,(H,33,37)(H,31,32,36)/b23-16-,34-29-. The van der Waals surface area contributed by atoms with E-state index < -0.39 is 5.91 Å². The van der Waals surface area contributed by atoms with Gasteiger partial charge in [-0.3, -0.25) is 24.6 Å². The summed E-state index contributed by atoms with van der Waals surface area (Å²) in [6, 6.07) is 22.8. The van der Waals surface area contributed by atoms with Crippen LogP contribution in [0.3, 0.4) is 0 Å². The SMILES string of the molecule is COc1ccc(C(=O)Nc2nc(C)c(C(=O)N/N=C3\S/C(=C\c4ccccc4Cl)C(=O)N3c3ccccc3)s2)cc1. The first kappa shape index (κ1) is 28.1. The van der Waals surface area contributed by atoms with E-state index in [9.17, 15) is 14.4 Å². The highest BCUT2D eigenvalue weighted by Gasteiger charge is 2.35. The fraction of sp³-hybridized carbons (Fsp3) is 0.0690. The van der Waals surface area contributed by atoms with Crippen molar-refractivity contribution in [3.63, 3.8) is 0 Å². The maximum absolute atomic E-state index is 13.4. The van der Waals surface area contributed by atoms with Gasteiger partial charge in [-0.1, -0.05) is 59.3 Å². The van der Waals surface area contributed by atoms with Gasteiger partial charge < -0.3 is 4.74 Å². The highest BCUT2D eigenvalue weighted by atomic mass is 35.5. The number of carbonyl (C=O) groups is 3. The minimum Gasteiger partial charge on any atom is -0.497 e. The van der Waals surface area contributed by atoms with Crippen molar-refractivity contribution in [2.45, 2.75) is 6.92 Å². The number of nitrogens with one attached hydrogen (secondary N) is 2. The molecule has 41 heavy (non-hydrogen) atoms. The van der Waals surface area contributed by atoms with Gasteiger partial charge in [-0.05, 0) is 72.8 Å². The summed E-state index contributed by atoms with van der Waals surface area (Å²) in [7, 11) is 1.55. The van der Waals surface area contributed by atoms with Crippen molar-refractivity contribution in [3.05, 3.63) is 110 Å². The Morgan fingerprint density at radius 3 is 2.41 bits per heavy atom. The van der Waals surface area contributed by atoms with Crippen molar-refractivity contribution >= 4 is 74.5 Å². The second-order valence-electron chi connectivity index (χ2n) is 8.56. The third-order valence-electron chi connectivity index (χ3n) is 5.84. The summed E-state index contributed by atoms with van der Waals surface area (Å²) >= 11 is 8.44. The largest absolute Gasteiger partial charge is 0.497 e. The Kier molecular flexibility index (Phi) is 8.48. The average Bonchev–Trinajstić information content (AvgIpc) is 3.51. The quantitative estimate of drug-likeness (QED) is 0.192. The molecule has 1 saturated heterocycles. The van der Waals surface area contributed by atoms with Gasteiger partial charge in [0.05, 0.1) is 23.4 Å². The molecule has 0 aliphatic carbocycles. The zero-order chi connectivity index (χ0) is 28.9. The van der Waals surface area contributed by atoms with Gasteiger partial charge in [0.25, 0.3) is 17.7 Å². The molecule has 0 saturated carbocycles. The first-order valence-corrected chi connectivity index (χ1v) is 14.2. The molecule has 1 aliphatic rings. The van der Waals surface area contributed by atoms with E-state index in [1.807, 2.05) is 36.4 Å². The Hall–Kier alpha value is -4.45. The van der Waals surface area contributed by atoms with E-state index in [0.717, 1.165) is 23.1 Å². The number of thioether (sulfide) groups is 1. The molecule has 1 aromatic heterocycles. The van der Waals surface area contributed by atoms with Crippen molar-refractivity contribution in [2.75, 3.05) is 17.3 Å². The molecule has 0 bridgehead atoms. The Morgan fingerprint density at radius 2 is 1.71 bits per heavy atom. The van der Waals surface area contributed by atoms with Crippen LogP contribution in [-0.4, -0.2) is 35.0 Å². The smallest absolute Gasteiger partial charge is 0.283 e. The Balaban J connectivity index is 1.35. The Bertz CT molecular complexity index is 1690. The van der Waals surface area contributed by atoms with Crippen LogP contribution < -0.4 is 20.4 Å². The normalized spacial score (nSPS) is 14.9. The third-order valence-corrected chi connectivity index (χ3v) is 8.23. The highest BCUT2D eigenvalue weighted by Crippen LogP contribution is 2.36. The van der Waals surface area contributed by atoms with Gasteiger partial charge in [-0.25, -0.2) is 10.4 Å². The summed E-state index contributed by atoms with van der Waals surface area (Å²) in [5, 5.41) is 8.04. The molecular formula is C29H22ClN5O4S2. The number of carbonyl (C=O) groups excluding carboxylic acids is 3. The number of aryl methyl sites for hydroxylation is 1. The van der Waals surface area contributed by atoms with E-state index in [2.05, 4.69) is 20.8 Å². The summed E-state index contributed by atoms with van der Waals surface area (Å²) < 4.78 is 5.12. The molecule has 9 nitrogen and oxygen atoms in total. The molecule has 1 aliphatic heterocycles. The van der Waals surface area contributed by atoms with E-state index in [0.29, 0.717) is 38.2 Å². The van der Waals surface area contributed by atoms with Crippen LogP contribution in [0.15, 0.2) is 88.9 Å². The van der Waals surface area contributed by atoms with E-state index in [-0.39, 0.29) is 27.0 Å². The summed E-state index contributed by atoms with van der Waals surface area (Å²) in [5.41, 5.74) is 4.66. The number of rotatable bonds is 7. The summed E-state index contributed by atoms with van der Waals surface area (Å²) in [5.74, 6) is -0.564. The number of hydrazone groups is 1. The third kappa shape index (κ3) is 6.32. The first-order valence-electron chi connectivity index (χ1n) is 12.2. The fourth-order valence-corrected chi connectivity index (χ4v) is 5.78. The van der Waals surface area contributed by atoms with Crippen molar-refractivity contribution < 1.29 is 19.1 Å². The van der Waals surface area contributed by atoms with Gasteiger partial charge in [0, 0.05) is 10.6 Å². The molecule has 1 fully saturated rings. The van der Waals surface area contributed by atoms with Crippen molar-refractivity contribution in [1.29, 1.82) is 0 Å². The number of aromatic nitrogens is 1. The second-order valence-corrected chi connectivity index (χ2v) is 11.0. The number of thiazole rings is 1. The lowest BCUT2D eigenvalue weighted by Gasteiger charge is -2.15. The zero-order valence-corrected chi connectivity index (χ0v) is 24.1. The van der Waals surface area contributed by atoms with E-state index in [4.69, 9.17) is 16.3 Å². The number of amidine groups is 1. The van der Waals surface area contributed by atoms with Gasteiger partial charge in [-0.15, -0.1) is 5.10 Å². The Labute approximate surface area is 248 Å². The minimum absolute atomic E-state index is 0.266. The van der Waals surface area contributed by atoms with Crippen molar-refractivity contribution in [1.82, 2.24) is 10.4 Å². The van der Waals surface area contributed by atoms with Crippen LogP contribution >= 0.6 is 34.7 Å². The molecule has 5 rings (SSSR count). The van der Waals surface area contributed by atoms with Gasteiger partial charge in [0.2, 0.25) is 0 Å². The number of ether oxygens (including phenoxy) is 1. The van der Waals surface area contributed by atoms with Gasteiger partial charge in [0.1, 0.15) is 10.6 Å². The number of benzene rings is 3. The topological polar surface area (TPSA) is 113 Å². The molecule has 206 valence electrons. The molecule has 2 heterocycles. The van der Waals surface area contributed by atoms with E-state index in [1.54, 1.807) is 62.6 Å². The monoisotopic (exact) mass is 603 g/mol. The van der Waals surface area contributed by atoms with Crippen LogP contribution in [0.5, 0.6) is 5.75 Å². The number of anilines is 2. The molecule has 0 radical (unpaired) electrons. The lowest BCUT2D eigenvalue weighted by molar-refractivity contribution is -0.113. The maximum atomic E-state index is 13.4. The van der Waals surface area contributed by atoms with Crippen LogP contribution in [0.25, 0.3) is 6.08 Å². The van der Waals surface area contributed by atoms with Crippen LogP contribution in [0, 0.1) is 6.92 Å². The van der Waals surface area contributed by atoms with Crippen LogP contribution in [0.2, 0.25) is 5.02 Å². The van der Waals surface area contributed by atoms with Gasteiger partial charge >= 0.3 is 0 Å². The predicted octanol–water partition coefficient (Wildman–Crippen LogP) is 6.19. The molecule has 12 heteroatoms. The van der Waals surface area contributed by atoms with Crippen LogP contribution in [0.1, 0.15) is 31.3 Å². The van der Waals surface area contributed by atoms with Crippen LogP contribution in [0.4, 0.5) is 10.8 Å². The van der Waals surface area contributed by atoms with Crippen molar-refractivity contribution in [2.24, 2.45) is 5.10 Å². The number of methoxy groups -OCH3 is 1. The van der Waals surface area contributed by atoms with Crippen LogP contribution in [-0.2, 0) is 4.79 Å². The van der Waals surface area contributed by atoms with Crippen molar-refractivity contribution in [3.8, 4) is 5.75 Å². The molecule has 2 N–H and O–H groups in total. The Morgan fingerprint density at radius 1 is 1.00 bits per heavy atom. The average molecular weight is 604 g/mol. The molecular weight excluding hydrogens is 582 g/mol. The summed E-state index contributed by atoms with van der Waals surface area (Å²) in [4.78, 5) is 45.5. The number of para-hydroxylation sites is 1. The number of halogens is 1. The van der Waals surface area contributed by atoms with E-state index in [1.165, 1.54) is 4.90 Å². The molecule has 3 aromatic carbocycles. The van der Waals surface area contributed by atoms with Gasteiger partial charge in [-0.2, -0.15) is 0 Å². The predicted molar refractivity (Wildman–Crippen MR) is 164 cm³/mol. The molecule has 0 spiro atoms. The molecule has 0 unspecified atom stereocenters. The number of nitrogens with zero attached hydrogens (tertiary/aromatic N) is 3. The second kappa shape index (κ2) is 12.4. The maximum Gasteiger partial charge on any atom is 0.283 e. The number of hydrogen-bond acceptors (Lipinski definition) is 8. The lowest BCUT2D eigenvalue weighted by atomic mass is 10.2. The number of amides is 3. The van der Waals surface area contributed by atoms with E-state index >= 15 is 0 Å². The summed E-state index contributed by atoms with van der Waals surface area (Å²) in [6.45, 7) is 1.66. The van der Waals surface area contributed by atoms with Gasteiger partial charge in [0.15, 0.2) is 10.3 Å². The number of hydrogen-bond donors (Lipinski definition) is 2. The molecule has 4 aromatic rings.